The molecule has 1 saturated heterocycles. The lowest BCUT2D eigenvalue weighted by atomic mass is 9.99. The van der Waals surface area contributed by atoms with Crippen LogP contribution in [0.1, 0.15) is 36.9 Å². The fraction of sp³-hybridized carbons (Fsp3) is 0.524. The number of nitrogens with one attached hydrogen (secondary N) is 1. The van der Waals surface area contributed by atoms with Crippen molar-refractivity contribution in [1.82, 2.24) is 20.0 Å². The summed E-state index contributed by atoms with van der Waals surface area (Å²) in [4.78, 5) is 17.5. The Balaban J connectivity index is 1.57. The van der Waals surface area contributed by atoms with Crippen LogP contribution in [0.15, 0.2) is 24.3 Å². The molecule has 144 valence electrons. The van der Waals surface area contributed by atoms with Crippen molar-refractivity contribution in [2.75, 3.05) is 27.2 Å². The molecule has 1 amide bonds. The number of carbonyl (C=O) groups excluding carboxylic acids is 1. The summed E-state index contributed by atoms with van der Waals surface area (Å²) in [7, 11) is 3.76. The van der Waals surface area contributed by atoms with Gasteiger partial charge in [0.2, 0.25) is 5.91 Å². The highest BCUT2D eigenvalue weighted by Crippen LogP contribution is 2.31. The van der Waals surface area contributed by atoms with E-state index in [1.165, 1.54) is 12.8 Å². The van der Waals surface area contributed by atoms with Crippen molar-refractivity contribution in [3.05, 3.63) is 35.5 Å². The molecule has 1 aromatic heterocycles. The van der Waals surface area contributed by atoms with Gasteiger partial charge < -0.3 is 9.64 Å². The summed E-state index contributed by atoms with van der Waals surface area (Å²) in [5.74, 6) is 1.08. The molecule has 2 aliphatic heterocycles. The fourth-order valence-corrected chi connectivity index (χ4v) is 4.27. The Morgan fingerprint density at radius 2 is 2.15 bits per heavy atom. The molecule has 3 heterocycles. The zero-order valence-electron chi connectivity index (χ0n) is 16.2. The zero-order chi connectivity index (χ0) is 18.8. The van der Waals surface area contributed by atoms with Crippen LogP contribution in [-0.2, 0) is 17.8 Å². The Morgan fingerprint density at radius 1 is 1.26 bits per heavy atom. The van der Waals surface area contributed by atoms with Gasteiger partial charge in [0.05, 0.1) is 18.8 Å². The average molecular weight is 368 g/mol. The molecule has 4 rings (SSSR count). The molecule has 2 aliphatic rings. The molecule has 27 heavy (non-hydrogen) atoms. The third kappa shape index (κ3) is 3.58. The van der Waals surface area contributed by atoms with Crippen LogP contribution in [0.4, 0.5) is 0 Å². The highest BCUT2D eigenvalue weighted by atomic mass is 16.5. The third-order valence-electron chi connectivity index (χ3n) is 5.89. The number of rotatable bonds is 3. The zero-order valence-corrected chi connectivity index (χ0v) is 16.2. The predicted octanol–water partition coefficient (Wildman–Crippen LogP) is 2.84. The van der Waals surface area contributed by atoms with E-state index in [4.69, 9.17) is 4.74 Å². The van der Waals surface area contributed by atoms with Crippen LogP contribution in [-0.4, -0.2) is 59.2 Å². The Hall–Kier alpha value is -2.34. The first-order valence-electron chi connectivity index (χ1n) is 9.87. The number of aromatic amines is 1. The van der Waals surface area contributed by atoms with E-state index in [9.17, 15) is 4.79 Å². The van der Waals surface area contributed by atoms with Crippen molar-refractivity contribution in [3.8, 4) is 17.0 Å². The van der Waals surface area contributed by atoms with Crippen molar-refractivity contribution >= 4 is 5.91 Å². The lowest BCUT2D eigenvalue weighted by molar-refractivity contribution is -0.137. The van der Waals surface area contributed by atoms with Crippen LogP contribution >= 0.6 is 0 Å². The number of benzene rings is 1. The van der Waals surface area contributed by atoms with Crippen LogP contribution in [0.3, 0.4) is 0 Å². The van der Waals surface area contributed by atoms with Crippen molar-refractivity contribution in [1.29, 1.82) is 0 Å². The number of aromatic nitrogens is 2. The minimum atomic E-state index is 0.0150. The lowest BCUT2D eigenvalue weighted by Crippen LogP contribution is -2.48. The van der Waals surface area contributed by atoms with Crippen LogP contribution in [0.5, 0.6) is 5.75 Å². The molecular weight excluding hydrogens is 340 g/mol. The fourth-order valence-electron chi connectivity index (χ4n) is 4.27. The maximum absolute atomic E-state index is 13.2. The first kappa shape index (κ1) is 18.0. The Kier molecular flexibility index (Phi) is 5.16. The molecule has 2 aromatic rings. The highest BCUT2D eigenvalue weighted by molar-refractivity contribution is 5.82. The van der Waals surface area contributed by atoms with Crippen LogP contribution in [0.2, 0.25) is 0 Å². The summed E-state index contributed by atoms with van der Waals surface area (Å²) >= 11 is 0. The largest absolute Gasteiger partial charge is 0.497 e. The summed E-state index contributed by atoms with van der Waals surface area (Å²) in [5, 5.41) is 7.73. The van der Waals surface area contributed by atoms with Gasteiger partial charge in [-0.25, -0.2) is 0 Å². The quantitative estimate of drug-likeness (QED) is 0.905. The third-order valence-corrected chi connectivity index (χ3v) is 5.89. The number of likely N-dealkylation sites (tertiary alicyclic amines) is 1. The molecule has 0 bridgehead atoms. The van der Waals surface area contributed by atoms with Gasteiger partial charge in [-0.3, -0.25) is 14.8 Å². The van der Waals surface area contributed by atoms with Crippen molar-refractivity contribution in [3.63, 3.8) is 0 Å². The van der Waals surface area contributed by atoms with E-state index in [0.29, 0.717) is 6.54 Å². The van der Waals surface area contributed by atoms with Gasteiger partial charge in [0, 0.05) is 36.3 Å². The summed E-state index contributed by atoms with van der Waals surface area (Å²) < 4.78 is 5.35. The van der Waals surface area contributed by atoms with Crippen LogP contribution in [0, 0.1) is 0 Å². The van der Waals surface area contributed by atoms with E-state index in [-0.39, 0.29) is 11.9 Å². The number of methoxy groups -OCH3 is 1. The summed E-state index contributed by atoms with van der Waals surface area (Å²) in [6.07, 6.45) is 5.34. The van der Waals surface area contributed by atoms with E-state index in [2.05, 4.69) is 22.1 Å². The Morgan fingerprint density at radius 3 is 3.00 bits per heavy atom. The molecule has 1 N–H and O–H groups in total. The molecule has 6 nitrogen and oxygen atoms in total. The second-order valence-corrected chi connectivity index (χ2v) is 7.62. The number of H-pyrrole nitrogens is 1. The van der Waals surface area contributed by atoms with Crippen molar-refractivity contribution in [2.45, 2.75) is 44.7 Å². The van der Waals surface area contributed by atoms with Gasteiger partial charge in [0.15, 0.2) is 0 Å². The van der Waals surface area contributed by atoms with E-state index in [1.54, 1.807) is 7.11 Å². The van der Waals surface area contributed by atoms with Gasteiger partial charge in [0.1, 0.15) is 5.75 Å². The summed E-state index contributed by atoms with van der Waals surface area (Å²) in [6, 6.07) is 7.96. The molecule has 1 aromatic carbocycles. The van der Waals surface area contributed by atoms with Gasteiger partial charge in [0.25, 0.3) is 0 Å². The Labute approximate surface area is 160 Å². The van der Waals surface area contributed by atoms with Gasteiger partial charge >= 0.3 is 0 Å². The monoisotopic (exact) mass is 368 g/mol. The minimum Gasteiger partial charge on any atom is -0.497 e. The number of hydrogen-bond donors (Lipinski definition) is 1. The molecule has 0 spiro atoms. The number of carbonyl (C=O) groups is 1. The molecule has 1 atom stereocenters. The first-order chi connectivity index (χ1) is 13.2. The average Bonchev–Trinajstić information content (AvgIpc) is 3.01. The highest BCUT2D eigenvalue weighted by Gasteiger charge is 2.32. The smallest absolute Gasteiger partial charge is 0.240 e. The molecular formula is C21H28N4O2. The molecule has 6 heteroatoms. The summed E-state index contributed by atoms with van der Waals surface area (Å²) in [6.45, 7) is 2.40. The van der Waals surface area contributed by atoms with Gasteiger partial charge in [-0.05, 0) is 38.6 Å². The maximum atomic E-state index is 13.2. The number of likely N-dealkylation sites (N-methyl/N-ethyl adjacent to an activating group) is 1. The number of ether oxygens (including phenoxy) is 1. The van der Waals surface area contributed by atoms with Gasteiger partial charge in [-0.2, -0.15) is 5.10 Å². The van der Waals surface area contributed by atoms with E-state index in [1.807, 2.05) is 29.2 Å². The number of fused-ring (bicyclic) bond motifs is 1. The molecule has 0 radical (unpaired) electrons. The molecule has 0 saturated carbocycles. The maximum Gasteiger partial charge on any atom is 0.240 e. The Bertz CT molecular complexity index is 816. The topological polar surface area (TPSA) is 61.5 Å². The number of hydrogen-bond acceptors (Lipinski definition) is 4. The van der Waals surface area contributed by atoms with E-state index < -0.39 is 0 Å². The van der Waals surface area contributed by atoms with Crippen LogP contribution < -0.4 is 4.74 Å². The SMILES string of the molecule is COc1cccc(-c2n[nH]c3c2CN(C(=O)C2CCCCCN2C)CC3)c1. The number of amides is 1. The standard InChI is InChI=1S/C21H28N4O2/c1-24-11-5-3-4-9-19(24)21(26)25-12-10-18-17(14-25)20(23-22-18)15-7-6-8-16(13-15)27-2/h6-8,13,19H,3-5,9-12,14H2,1-2H3,(H,22,23). The summed E-state index contributed by atoms with van der Waals surface area (Å²) in [5.41, 5.74) is 4.23. The molecule has 1 unspecified atom stereocenters. The van der Waals surface area contributed by atoms with Crippen molar-refractivity contribution in [2.24, 2.45) is 0 Å². The molecule has 0 aliphatic carbocycles. The predicted molar refractivity (Wildman–Crippen MR) is 105 cm³/mol. The second-order valence-electron chi connectivity index (χ2n) is 7.62. The normalized spacial score (nSPS) is 20.8. The second kappa shape index (κ2) is 7.72. The van der Waals surface area contributed by atoms with Crippen molar-refractivity contribution < 1.29 is 9.53 Å². The number of nitrogens with zero attached hydrogens (tertiary/aromatic N) is 3. The van der Waals surface area contributed by atoms with E-state index in [0.717, 1.165) is 60.6 Å². The van der Waals surface area contributed by atoms with Crippen LogP contribution in [0.25, 0.3) is 11.3 Å². The van der Waals surface area contributed by atoms with E-state index >= 15 is 0 Å². The molecule has 1 fully saturated rings. The lowest BCUT2D eigenvalue weighted by Gasteiger charge is -2.33. The van der Waals surface area contributed by atoms with Gasteiger partial charge in [-0.1, -0.05) is 25.0 Å². The first-order valence-corrected chi connectivity index (χ1v) is 9.87. The van der Waals surface area contributed by atoms with Gasteiger partial charge in [-0.15, -0.1) is 0 Å². The minimum absolute atomic E-state index is 0.0150.